The van der Waals surface area contributed by atoms with Crippen LogP contribution < -0.4 is 5.73 Å². The molecule has 2 N–H and O–H groups in total. The summed E-state index contributed by atoms with van der Waals surface area (Å²) in [5, 5.41) is 8.26. The number of nitrogens with two attached hydrogens (primary N) is 1. The zero-order valence-corrected chi connectivity index (χ0v) is 21.3. The largest absolute Gasteiger partial charge is 0.383 e. The van der Waals surface area contributed by atoms with E-state index in [1.165, 1.54) is 17.4 Å². The fourth-order valence-corrected chi connectivity index (χ4v) is 5.09. The van der Waals surface area contributed by atoms with Gasteiger partial charge in [-0.2, -0.15) is 5.10 Å². The molecule has 0 aliphatic heterocycles. The highest BCUT2D eigenvalue weighted by atomic mass is 32.1. The lowest BCUT2D eigenvalue weighted by Crippen LogP contribution is -2.34. The number of halogens is 1. The molecule has 184 valence electrons. The summed E-state index contributed by atoms with van der Waals surface area (Å²) in [7, 11) is 1.78. The molecule has 0 bridgehead atoms. The van der Waals surface area contributed by atoms with Crippen LogP contribution >= 0.6 is 11.3 Å². The van der Waals surface area contributed by atoms with Gasteiger partial charge in [0, 0.05) is 47.9 Å². The Kier molecular flexibility index (Phi) is 6.13. The van der Waals surface area contributed by atoms with Gasteiger partial charge in [-0.1, -0.05) is 13.8 Å². The summed E-state index contributed by atoms with van der Waals surface area (Å²) in [5.41, 5.74) is 9.77. The Bertz CT molecular complexity index is 1590. The summed E-state index contributed by atoms with van der Waals surface area (Å²) in [6.45, 7) is 6.71. The van der Waals surface area contributed by atoms with Gasteiger partial charge >= 0.3 is 0 Å². The average molecular weight is 504 g/mol. The van der Waals surface area contributed by atoms with E-state index in [0.717, 1.165) is 22.0 Å². The van der Waals surface area contributed by atoms with E-state index < -0.39 is 11.7 Å². The van der Waals surface area contributed by atoms with Gasteiger partial charge in [-0.05, 0) is 31.0 Å². The molecule has 0 saturated heterocycles. The van der Waals surface area contributed by atoms with Crippen molar-refractivity contribution in [3.05, 3.63) is 64.1 Å². The van der Waals surface area contributed by atoms with E-state index >= 15 is 4.39 Å². The topological polar surface area (TPSA) is 103 Å². The Morgan fingerprint density at radius 3 is 2.72 bits per heavy atom. The van der Waals surface area contributed by atoms with E-state index in [2.05, 4.69) is 15.1 Å². The number of hydrogen-bond donors (Lipinski definition) is 1. The number of amides is 1. The average Bonchev–Trinajstić information content (AvgIpc) is 3.45. The summed E-state index contributed by atoms with van der Waals surface area (Å²) < 4.78 is 16.9. The van der Waals surface area contributed by atoms with Crippen LogP contribution in [0.1, 0.15) is 34.9 Å². The second kappa shape index (κ2) is 9.27. The molecule has 4 heterocycles. The number of pyridine rings is 2. The van der Waals surface area contributed by atoms with E-state index in [-0.39, 0.29) is 23.8 Å². The Hall–Kier alpha value is -3.92. The van der Waals surface area contributed by atoms with Gasteiger partial charge in [-0.25, -0.2) is 14.4 Å². The second-order valence-corrected chi connectivity index (χ2v) is 10.2. The summed E-state index contributed by atoms with van der Waals surface area (Å²) in [5.74, 6) is -0.582. The quantitative estimate of drug-likeness (QED) is 0.351. The van der Waals surface area contributed by atoms with Crippen molar-refractivity contribution in [3.8, 4) is 11.3 Å². The van der Waals surface area contributed by atoms with Crippen molar-refractivity contribution in [3.63, 3.8) is 0 Å². The Labute approximate surface area is 211 Å². The van der Waals surface area contributed by atoms with Gasteiger partial charge < -0.3 is 10.6 Å². The van der Waals surface area contributed by atoms with E-state index in [0.29, 0.717) is 28.4 Å². The molecule has 36 heavy (non-hydrogen) atoms. The minimum atomic E-state index is -0.639. The van der Waals surface area contributed by atoms with Crippen LogP contribution in [0.15, 0.2) is 42.0 Å². The van der Waals surface area contributed by atoms with E-state index in [4.69, 9.17) is 10.7 Å². The Morgan fingerprint density at radius 2 is 2.00 bits per heavy atom. The van der Waals surface area contributed by atoms with Crippen LogP contribution in [0.2, 0.25) is 0 Å². The lowest BCUT2D eigenvalue weighted by molar-refractivity contribution is 0.0718. The second-order valence-electron chi connectivity index (χ2n) is 9.27. The number of rotatable bonds is 6. The maximum atomic E-state index is 15.3. The fraction of sp³-hybridized carbons (Fsp3) is 0.269. The lowest BCUT2D eigenvalue weighted by atomic mass is 10.1. The van der Waals surface area contributed by atoms with Crippen LogP contribution in [-0.2, 0) is 13.6 Å². The minimum Gasteiger partial charge on any atom is -0.383 e. The van der Waals surface area contributed by atoms with Crippen LogP contribution in [0.4, 0.5) is 10.2 Å². The zero-order valence-electron chi connectivity index (χ0n) is 20.5. The first-order valence-corrected chi connectivity index (χ1v) is 12.5. The predicted octanol–water partition coefficient (Wildman–Crippen LogP) is 4.97. The van der Waals surface area contributed by atoms with Gasteiger partial charge in [0.25, 0.3) is 5.91 Å². The molecule has 8 nitrogen and oxygen atoms in total. The number of benzene rings is 1. The SMILES string of the molecule is Cc1ccc(-c2csc(CN(CC(C)C)C(=O)c3cc4c(cc3F)nc(N)c3cnn(C)c34)n2)cn1. The van der Waals surface area contributed by atoms with E-state index in [1.807, 2.05) is 38.3 Å². The zero-order chi connectivity index (χ0) is 25.6. The fourth-order valence-electron chi connectivity index (χ4n) is 4.27. The smallest absolute Gasteiger partial charge is 0.257 e. The molecule has 0 spiro atoms. The molecule has 1 amide bonds. The summed E-state index contributed by atoms with van der Waals surface area (Å²) >= 11 is 1.47. The van der Waals surface area contributed by atoms with Crippen LogP contribution in [0.3, 0.4) is 0 Å². The normalized spacial score (nSPS) is 11.6. The maximum absolute atomic E-state index is 15.3. The van der Waals surface area contributed by atoms with Crippen molar-refractivity contribution in [1.29, 1.82) is 0 Å². The molecule has 5 rings (SSSR count). The number of thiazole rings is 1. The first kappa shape index (κ1) is 23.8. The van der Waals surface area contributed by atoms with Gasteiger partial charge in [-0.15, -0.1) is 11.3 Å². The molecule has 0 unspecified atom stereocenters. The first-order valence-electron chi connectivity index (χ1n) is 11.6. The molecule has 4 aromatic heterocycles. The third-order valence-corrected chi connectivity index (χ3v) is 6.82. The van der Waals surface area contributed by atoms with Crippen molar-refractivity contribution >= 4 is 44.9 Å². The van der Waals surface area contributed by atoms with Crippen molar-refractivity contribution in [2.75, 3.05) is 12.3 Å². The van der Waals surface area contributed by atoms with Crippen molar-refractivity contribution in [2.45, 2.75) is 27.3 Å². The minimum absolute atomic E-state index is 0.0169. The lowest BCUT2D eigenvalue weighted by Gasteiger charge is -2.24. The molecule has 0 aliphatic rings. The number of hydrogen-bond acceptors (Lipinski definition) is 7. The molecule has 0 radical (unpaired) electrons. The third kappa shape index (κ3) is 4.39. The van der Waals surface area contributed by atoms with Crippen LogP contribution in [-0.4, -0.2) is 42.1 Å². The number of nitrogens with zero attached hydrogens (tertiary/aromatic N) is 6. The van der Waals surface area contributed by atoms with Gasteiger partial charge in [0.05, 0.1) is 40.4 Å². The molecule has 0 aliphatic carbocycles. The monoisotopic (exact) mass is 503 g/mol. The molecule has 0 atom stereocenters. The van der Waals surface area contributed by atoms with Crippen LogP contribution in [0.5, 0.6) is 0 Å². The van der Waals surface area contributed by atoms with Crippen LogP contribution in [0.25, 0.3) is 33.1 Å². The Balaban J connectivity index is 1.51. The molecular weight excluding hydrogens is 477 g/mol. The number of anilines is 1. The third-order valence-electron chi connectivity index (χ3n) is 5.98. The van der Waals surface area contributed by atoms with Crippen LogP contribution in [0, 0.1) is 18.7 Å². The summed E-state index contributed by atoms with van der Waals surface area (Å²) in [4.78, 5) is 28.7. The first-order chi connectivity index (χ1) is 17.2. The highest BCUT2D eigenvalue weighted by molar-refractivity contribution is 7.09. The number of fused-ring (bicyclic) bond motifs is 3. The number of carbonyl (C=O) groups excluding carboxylic acids is 1. The van der Waals surface area contributed by atoms with Gasteiger partial charge in [0.2, 0.25) is 0 Å². The van der Waals surface area contributed by atoms with E-state index in [1.54, 1.807) is 35.1 Å². The Morgan fingerprint density at radius 1 is 1.19 bits per heavy atom. The highest BCUT2D eigenvalue weighted by Gasteiger charge is 2.24. The predicted molar refractivity (Wildman–Crippen MR) is 140 cm³/mol. The number of aromatic nitrogens is 5. The summed E-state index contributed by atoms with van der Waals surface area (Å²) in [6.07, 6.45) is 3.41. The van der Waals surface area contributed by atoms with Gasteiger partial charge in [0.15, 0.2) is 0 Å². The molecule has 0 saturated carbocycles. The van der Waals surface area contributed by atoms with Crippen molar-refractivity contribution in [2.24, 2.45) is 13.0 Å². The number of nitrogen functional groups attached to an aromatic ring is 1. The maximum Gasteiger partial charge on any atom is 0.257 e. The van der Waals surface area contributed by atoms with Crippen molar-refractivity contribution in [1.82, 2.24) is 29.6 Å². The summed E-state index contributed by atoms with van der Waals surface area (Å²) in [6, 6.07) is 6.74. The molecule has 0 fully saturated rings. The number of aryl methyl sites for hydroxylation is 2. The molecular formula is C26H26FN7OS. The highest BCUT2D eigenvalue weighted by Crippen LogP contribution is 2.30. The van der Waals surface area contributed by atoms with Gasteiger partial charge in [-0.3, -0.25) is 14.5 Å². The van der Waals surface area contributed by atoms with Gasteiger partial charge in [0.1, 0.15) is 16.6 Å². The molecule has 10 heteroatoms. The standard InChI is InChI=1S/C26H26FN7OS/c1-14(2)11-34(12-23-31-22(13-36-23)16-6-5-15(3)29-9-16)26(35)17-7-18-21(8-20(17)27)32-25(28)19-10-30-33(4)24(18)19/h5-10,13-14H,11-12H2,1-4H3,(H2,28,32). The van der Waals surface area contributed by atoms with E-state index in [9.17, 15) is 4.79 Å². The molecule has 5 aromatic rings. The molecule has 1 aromatic carbocycles. The van der Waals surface area contributed by atoms with Crippen molar-refractivity contribution < 1.29 is 9.18 Å². The number of carbonyl (C=O) groups is 1.